The smallest absolute Gasteiger partial charge is 0.264 e. The lowest BCUT2D eigenvalue weighted by Gasteiger charge is -2.11. The van der Waals surface area contributed by atoms with Gasteiger partial charge in [0.2, 0.25) is 5.91 Å². The largest absolute Gasteiger partial charge is 0.495 e. The van der Waals surface area contributed by atoms with Crippen LogP contribution in [0.5, 0.6) is 5.75 Å². The quantitative estimate of drug-likeness (QED) is 0.760. The van der Waals surface area contributed by atoms with Crippen LogP contribution in [0.1, 0.15) is 12.5 Å². The summed E-state index contributed by atoms with van der Waals surface area (Å²) in [5, 5.41) is 2.69. The molecular formula is C13H18ClNO5S. The van der Waals surface area contributed by atoms with Gasteiger partial charge in [0, 0.05) is 24.3 Å². The highest BCUT2D eigenvalue weighted by Crippen LogP contribution is 2.27. The van der Waals surface area contributed by atoms with Gasteiger partial charge in [0.25, 0.3) is 9.05 Å². The van der Waals surface area contributed by atoms with Gasteiger partial charge in [-0.25, -0.2) is 8.42 Å². The monoisotopic (exact) mass is 335 g/mol. The van der Waals surface area contributed by atoms with Crippen molar-refractivity contribution in [1.29, 1.82) is 0 Å². The van der Waals surface area contributed by atoms with Crippen LogP contribution in [-0.4, -0.2) is 41.2 Å². The van der Waals surface area contributed by atoms with Crippen molar-refractivity contribution in [2.24, 2.45) is 0 Å². The van der Waals surface area contributed by atoms with Crippen LogP contribution in [0.25, 0.3) is 0 Å². The lowest BCUT2D eigenvalue weighted by atomic mass is 10.1. The number of hydrogen-bond acceptors (Lipinski definition) is 5. The summed E-state index contributed by atoms with van der Waals surface area (Å²) in [7, 11) is 4.31. The number of carbonyl (C=O) groups is 1. The van der Waals surface area contributed by atoms with Gasteiger partial charge in [-0.3, -0.25) is 4.79 Å². The maximum Gasteiger partial charge on any atom is 0.264 e. The average Bonchev–Trinajstić information content (AvgIpc) is 2.43. The Balaban J connectivity index is 2.83. The van der Waals surface area contributed by atoms with E-state index in [9.17, 15) is 13.2 Å². The molecule has 0 saturated heterocycles. The zero-order valence-electron chi connectivity index (χ0n) is 12.1. The number of benzene rings is 1. The maximum absolute atomic E-state index is 11.8. The topological polar surface area (TPSA) is 81.7 Å². The van der Waals surface area contributed by atoms with Crippen molar-refractivity contribution in [1.82, 2.24) is 5.32 Å². The van der Waals surface area contributed by atoms with Gasteiger partial charge >= 0.3 is 0 Å². The van der Waals surface area contributed by atoms with Crippen LogP contribution >= 0.6 is 10.7 Å². The minimum absolute atomic E-state index is 0.0415. The highest BCUT2D eigenvalue weighted by molar-refractivity contribution is 8.13. The van der Waals surface area contributed by atoms with Gasteiger partial charge in [0.1, 0.15) is 10.6 Å². The molecule has 8 heteroatoms. The predicted octanol–water partition coefficient (Wildman–Crippen LogP) is 1.32. The summed E-state index contributed by atoms with van der Waals surface area (Å²) in [5.74, 6) is -0.0934. The molecule has 1 rings (SSSR count). The van der Waals surface area contributed by atoms with Crippen molar-refractivity contribution in [2.75, 3.05) is 20.8 Å². The number of methoxy groups -OCH3 is 2. The first-order valence-corrected chi connectivity index (χ1v) is 8.50. The van der Waals surface area contributed by atoms with Gasteiger partial charge in [0.15, 0.2) is 0 Å². The molecule has 0 aliphatic heterocycles. The number of nitrogens with one attached hydrogen (secondary N) is 1. The minimum atomic E-state index is -3.94. The summed E-state index contributed by atoms with van der Waals surface area (Å²) in [6.07, 6.45) is -0.0524. The summed E-state index contributed by atoms with van der Waals surface area (Å²) in [6, 6.07) is 4.42. The zero-order valence-corrected chi connectivity index (χ0v) is 13.6. The fourth-order valence-electron chi connectivity index (χ4n) is 1.61. The van der Waals surface area contributed by atoms with Gasteiger partial charge in [-0.15, -0.1) is 0 Å². The Bertz CT molecular complexity index is 603. The third-order valence-corrected chi connectivity index (χ3v) is 4.19. The van der Waals surface area contributed by atoms with E-state index in [1.165, 1.54) is 19.2 Å². The summed E-state index contributed by atoms with van der Waals surface area (Å²) >= 11 is 0. The summed E-state index contributed by atoms with van der Waals surface area (Å²) in [6.45, 7) is 2.21. The molecule has 0 aliphatic rings. The molecule has 1 aromatic carbocycles. The van der Waals surface area contributed by atoms with Crippen LogP contribution in [0.4, 0.5) is 0 Å². The normalized spacial score (nSPS) is 12.8. The van der Waals surface area contributed by atoms with Gasteiger partial charge in [-0.05, 0) is 24.6 Å². The molecule has 0 bridgehead atoms. The van der Waals surface area contributed by atoms with Crippen LogP contribution in [0.3, 0.4) is 0 Å². The maximum atomic E-state index is 11.8. The highest BCUT2D eigenvalue weighted by Gasteiger charge is 2.18. The predicted molar refractivity (Wildman–Crippen MR) is 79.2 cm³/mol. The van der Waals surface area contributed by atoms with E-state index in [1.54, 1.807) is 13.2 Å². The second-order valence-electron chi connectivity index (χ2n) is 4.45. The molecule has 1 aromatic rings. The molecule has 1 N–H and O–H groups in total. The highest BCUT2D eigenvalue weighted by atomic mass is 35.7. The Labute approximate surface area is 128 Å². The molecule has 0 heterocycles. The Morgan fingerprint density at radius 3 is 2.57 bits per heavy atom. The molecule has 1 unspecified atom stereocenters. The molecule has 0 spiro atoms. The third kappa shape index (κ3) is 5.53. The van der Waals surface area contributed by atoms with Gasteiger partial charge in [-0.2, -0.15) is 0 Å². The second-order valence-corrected chi connectivity index (χ2v) is 6.98. The van der Waals surface area contributed by atoms with E-state index in [4.69, 9.17) is 20.2 Å². The van der Waals surface area contributed by atoms with Crippen molar-refractivity contribution in [3.8, 4) is 5.75 Å². The van der Waals surface area contributed by atoms with E-state index < -0.39 is 9.05 Å². The Morgan fingerprint density at radius 1 is 1.38 bits per heavy atom. The van der Waals surface area contributed by atoms with Gasteiger partial charge < -0.3 is 14.8 Å². The van der Waals surface area contributed by atoms with Crippen LogP contribution < -0.4 is 10.1 Å². The van der Waals surface area contributed by atoms with E-state index in [0.717, 1.165) is 0 Å². The number of rotatable bonds is 7. The number of ether oxygens (including phenoxy) is 2. The molecule has 1 amide bonds. The fraction of sp³-hybridized carbons (Fsp3) is 0.462. The Morgan fingerprint density at radius 2 is 2.05 bits per heavy atom. The van der Waals surface area contributed by atoms with E-state index in [0.29, 0.717) is 12.1 Å². The first kappa shape index (κ1) is 17.7. The first-order chi connectivity index (χ1) is 9.77. The summed E-state index contributed by atoms with van der Waals surface area (Å²) in [5.41, 5.74) is 0.526. The molecule has 118 valence electrons. The molecule has 0 aliphatic carbocycles. The molecular weight excluding hydrogens is 318 g/mol. The van der Waals surface area contributed by atoms with Crippen LogP contribution in [0.2, 0.25) is 0 Å². The summed E-state index contributed by atoms with van der Waals surface area (Å²) < 4.78 is 32.9. The van der Waals surface area contributed by atoms with Crippen molar-refractivity contribution in [3.63, 3.8) is 0 Å². The SMILES string of the molecule is COc1ccc(CC(=O)NCC(C)OC)cc1S(=O)(=O)Cl. The Hall–Kier alpha value is -1.31. The Kier molecular flexibility index (Phi) is 6.44. The van der Waals surface area contributed by atoms with E-state index >= 15 is 0 Å². The molecule has 1 atom stereocenters. The van der Waals surface area contributed by atoms with Gasteiger partial charge in [0.05, 0.1) is 19.6 Å². The number of carbonyl (C=O) groups excluding carboxylic acids is 1. The van der Waals surface area contributed by atoms with Crippen molar-refractivity contribution in [3.05, 3.63) is 23.8 Å². The molecule has 6 nitrogen and oxygen atoms in total. The minimum Gasteiger partial charge on any atom is -0.495 e. The standard InChI is InChI=1S/C13H18ClNO5S/c1-9(19-2)8-15-13(16)7-10-4-5-11(20-3)12(6-10)21(14,17)18/h4-6,9H,7-8H2,1-3H3,(H,15,16). The lowest BCUT2D eigenvalue weighted by molar-refractivity contribution is -0.120. The fourth-order valence-corrected chi connectivity index (χ4v) is 2.66. The molecule has 0 aromatic heterocycles. The van der Waals surface area contributed by atoms with E-state index in [-0.39, 0.29) is 29.1 Å². The zero-order chi connectivity index (χ0) is 16.0. The lowest BCUT2D eigenvalue weighted by Crippen LogP contribution is -2.32. The van der Waals surface area contributed by atoms with Crippen molar-refractivity contribution >= 4 is 25.6 Å². The number of halogens is 1. The molecule has 0 radical (unpaired) electrons. The molecule has 0 fully saturated rings. The number of amides is 1. The van der Waals surface area contributed by atoms with Crippen LogP contribution in [0, 0.1) is 0 Å². The molecule has 21 heavy (non-hydrogen) atoms. The van der Waals surface area contributed by atoms with E-state index in [1.807, 2.05) is 6.92 Å². The molecule has 0 saturated carbocycles. The van der Waals surface area contributed by atoms with Crippen molar-refractivity contribution < 1.29 is 22.7 Å². The van der Waals surface area contributed by atoms with Crippen LogP contribution in [0.15, 0.2) is 23.1 Å². The van der Waals surface area contributed by atoms with Crippen LogP contribution in [-0.2, 0) is 25.0 Å². The third-order valence-electron chi connectivity index (χ3n) is 2.84. The van der Waals surface area contributed by atoms with Gasteiger partial charge in [-0.1, -0.05) is 6.07 Å². The second kappa shape index (κ2) is 7.63. The summed E-state index contributed by atoms with van der Waals surface area (Å²) in [4.78, 5) is 11.6. The number of hydrogen-bond donors (Lipinski definition) is 1. The van der Waals surface area contributed by atoms with E-state index in [2.05, 4.69) is 5.32 Å². The first-order valence-electron chi connectivity index (χ1n) is 6.19. The average molecular weight is 336 g/mol. The van der Waals surface area contributed by atoms with Crippen molar-refractivity contribution in [2.45, 2.75) is 24.3 Å².